The van der Waals surface area contributed by atoms with Crippen LogP contribution in [0.15, 0.2) is 66.2 Å². The van der Waals surface area contributed by atoms with Crippen molar-refractivity contribution in [2.75, 3.05) is 12.0 Å². The van der Waals surface area contributed by atoms with Gasteiger partial charge >= 0.3 is 5.91 Å². The first-order valence-corrected chi connectivity index (χ1v) is 11.7. The molecule has 176 valence electrons. The molecule has 1 aliphatic heterocycles. The summed E-state index contributed by atoms with van der Waals surface area (Å²) in [5.41, 5.74) is 2.88. The number of anilines is 1. The number of hydrogen-bond acceptors (Lipinski definition) is 6. The van der Waals surface area contributed by atoms with Crippen molar-refractivity contribution in [3.05, 3.63) is 94.3 Å². The number of aliphatic hydroxyl groups excluding tert-OH is 1. The van der Waals surface area contributed by atoms with Gasteiger partial charge in [0.05, 0.1) is 22.9 Å². The van der Waals surface area contributed by atoms with Gasteiger partial charge in [0.2, 0.25) is 0 Å². The molecule has 1 N–H and O–H groups in total. The number of thiazole rings is 1. The summed E-state index contributed by atoms with van der Waals surface area (Å²) in [4.78, 5) is 32.4. The number of halogens is 1. The van der Waals surface area contributed by atoms with E-state index in [1.165, 1.54) is 41.5 Å². The average molecular weight is 489 g/mol. The molecular weight excluding hydrogens is 467 g/mol. The number of Topliss-reactive ketones (excluding diaryl/α,β-unsaturated/α-hetero) is 1. The van der Waals surface area contributed by atoms with Crippen molar-refractivity contribution in [3.63, 3.8) is 0 Å². The van der Waals surface area contributed by atoms with Crippen molar-refractivity contribution in [2.24, 2.45) is 0 Å². The second-order valence-electron chi connectivity index (χ2n) is 8.34. The molecule has 0 spiro atoms. The van der Waals surface area contributed by atoms with E-state index in [9.17, 15) is 14.7 Å². The number of aromatic nitrogens is 1. The van der Waals surface area contributed by atoms with Crippen LogP contribution in [-0.2, 0) is 9.59 Å². The zero-order valence-electron chi connectivity index (χ0n) is 19.2. The number of hydrogen-bond donors (Lipinski definition) is 1. The summed E-state index contributed by atoms with van der Waals surface area (Å²) in [5, 5.41) is 11.4. The molecule has 0 radical (unpaired) electrons. The number of methoxy groups -OCH3 is 1. The van der Waals surface area contributed by atoms with Crippen LogP contribution in [0.4, 0.5) is 9.52 Å². The fourth-order valence-corrected chi connectivity index (χ4v) is 5.56. The highest BCUT2D eigenvalue weighted by Crippen LogP contribution is 2.45. The van der Waals surface area contributed by atoms with Gasteiger partial charge in [-0.1, -0.05) is 35.6 Å². The number of aliphatic hydroxyl groups is 1. The zero-order valence-corrected chi connectivity index (χ0v) is 20.0. The summed E-state index contributed by atoms with van der Waals surface area (Å²) in [5.74, 6) is -2.21. The minimum absolute atomic E-state index is 0.0916. The molecule has 1 saturated heterocycles. The molecule has 3 aromatic carbocycles. The number of fused-ring (bicyclic) bond motifs is 1. The monoisotopic (exact) mass is 488 g/mol. The van der Waals surface area contributed by atoms with Crippen LogP contribution in [0.2, 0.25) is 0 Å². The molecule has 6 nitrogen and oxygen atoms in total. The topological polar surface area (TPSA) is 79.7 Å². The number of rotatable bonds is 4. The van der Waals surface area contributed by atoms with E-state index in [-0.39, 0.29) is 16.3 Å². The summed E-state index contributed by atoms with van der Waals surface area (Å²) in [6.07, 6.45) is 0. The maximum Gasteiger partial charge on any atom is 0.301 e. The maximum atomic E-state index is 15.1. The van der Waals surface area contributed by atoms with Crippen molar-refractivity contribution in [2.45, 2.75) is 19.9 Å². The van der Waals surface area contributed by atoms with Gasteiger partial charge in [0.25, 0.3) is 5.78 Å². The van der Waals surface area contributed by atoms with Crippen LogP contribution in [-0.4, -0.2) is 28.9 Å². The standard InChI is InChI=1S/C27H21FN2O4S/c1-14-12-15(2)22-20(13-14)35-27(29-22)30-23(18-6-4-5-7-19(18)28)21(25(32)26(30)33)24(31)16-8-10-17(34-3)11-9-16/h4-13,23,31H,1-3H3/t23-/m0/s1. The first-order valence-electron chi connectivity index (χ1n) is 10.9. The lowest BCUT2D eigenvalue weighted by Crippen LogP contribution is -2.29. The number of ether oxygens (including phenoxy) is 1. The first kappa shape index (κ1) is 22.7. The lowest BCUT2D eigenvalue weighted by molar-refractivity contribution is -0.132. The SMILES string of the molecule is COc1ccc(C(O)=C2C(=O)C(=O)N(c3nc4c(C)cc(C)cc4s3)[C@H]2c2ccccc2F)cc1. The van der Waals surface area contributed by atoms with E-state index in [0.29, 0.717) is 16.8 Å². The van der Waals surface area contributed by atoms with Crippen molar-refractivity contribution in [1.82, 2.24) is 4.98 Å². The third-order valence-corrected chi connectivity index (χ3v) is 7.03. The van der Waals surface area contributed by atoms with E-state index in [1.54, 1.807) is 30.3 Å². The molecule has 1 aliphatic rings. The Balaban J connectivity index is 1.74. The number of benzene rings is 3. The Morgan fingerprint density at radius 3 is 2.49 bits per heavy atom. The number of amides is 1. The molecule has 0 unspecified atom stereocenters. The summed E-state index contributed by atoms with van der Waals surface area (Å²) in [6, 6.07) is 15.1. The lowest BCUT2D eigenvalue weighted by atomic mass is 9.95. The highest BCUT2D eigenvalue weighted by atomic mass is 32.1. The lowest BCUT2D eigenvalue weighted by Gasteiger charge is -2.23. The van der Waals surface area contributed by atoms with Gasteiger partial charge in [0.1, 0.15) is 23.4 Å². The minimum atomic E-state index is -1.18. The predicted molar refractivity (Wildman–Crippen MR) is 133 cm³/mol. The molecule has 4 aromatic rings. The number of carbonyl (C=O) groups excluding carboxylic acids is 2. The van der Waals surface area contributed by atoms with Gasteiger partial charge < -0.3 is 9.84 Å². The average Bonchev–Trinajstić information content (AvgIpc) is 3.37. The molecule has 0 bridgehead atoms. The normalized spacial score (nSPS) is 17.4. The fourth-order valence-electron chi connectivity index (χ4n) is 4.39. The highest BCUT2D eigenvalue weighted by molar-refractivity contribution is 7.22. The molecule has 8 heteroatoms. The second-order valence-corrected chi connectivity index (χ2v) is 9.35. The van der Waals surface area contributed by atoms with Crippen LogP contribution in [0, 0.1) is 19.7 Å². The van der Waals surface area contributed by atoms with Gasteiger partial charge in [0.15, 0.2) is 5.13 Å². The Kier molecular flexibility index (Phi) is 5.61. The Morgan fingerprint density at radius 2 is 1.80 bits per heavy atom. The molecule has 1 fully saturated rings. The Bertz CT molecular complexity index is 1520. The van der Waals surface area contributed by atoms with Crippen molar-refractivity contribution in [3.8, 4) is 5.75 Å². The first-order chi connectivity index (χ1) is 16.8. The largest absolute Gasteiger partial charge is 0.507 e. The second kappa shape index (κ2) is 8.63. The van der Waals surface area contributed by atoms with E-state index in [1.807, 2.05) is 26.0 Å². The minimum Gasteiger partial charge on any atom is -0.507 e. The van der Waals surface area contributed by atoms with Crippen LogP contribution in [0.25, 0.3) is 16.0 Å². The molecule has 1 atom stereocenters. The fraction of sp³-hybridized carbons (Fsp3) is 0.148. The predicted octanol–water partition coefficient (Wildman–Crippen LogP) is 5.69. The van der Waals surface area contributed by atoms with Crippen LogP contribution in [0.1, 0.15) is 28.3 Å². The van der Waals surface area contributed by atoms with E-state index in [4.69, 9.17) is 4.74 Å². The van der Waals surface area contributed by atoms with Crippen LogP contribution >= 0.6 is 11.3 Å². The molecule has 0 aliphatic carbocycles. The van der Waals surface area contributed by atoms with Crippen molar-refractivity contribution < 1.29 is 23.8 Å². The van der Waals surface area contributed by atoms with Crippen molar-refractivity contribution in [1.29, 1.82) is 0 Å². The van der Waals surface area contributed by atoms with E-state index in [2.05, 4.69) is 4.98 Å². The van der Waals surface area contributed by atoms with Crippen molar-refractivity contribution >= 4 is 44.1 Å². The van der Waals surface area contributed by atoms with E-state index >= 15 is 4.39 Å². The molecule has 1 amide bonds. The third-order valence-electron chi connectivity index (χ3n) is 6.03. The van der Waals surface area contributed by atoms with Gasteiger partial charge in [-0.05, 0) is 61.4 Å². The highest BCUT2D eigenvalue weighted by Gasteiger charge is 2.49. The molecule has 35 heavy (non-hydrogen) atoms. The summed E-state index contributed by atoms with van der Waals surface area (Å²) in [7, 11) is 1.51. The Hall–Kier alpha value is -4.04. The van der Waals surface area contributed by atoms with Gasteiger partial charge in [-0.15, -0.1) is 0 Å². The number of carbonyl (C=O) groups is 2. The molecular formula is C27H21FN2O4S. The molecule has 5 rings (SSSR count). The molecule has 2 heterocycles. The summed E-state index contributed by atoms with van der Waals surface area (Å²) >= 11 is 1.25. The Labute approximate surface area is 204 Å². The smallest absolute Gasteiger partial charge is 0.301 e. The van der Waals surface area contributed by atoms with Gasteiger partial charge in [-0.3, -0.25) is 14.5 Å². The summed E-state index contributed by atoms with van der Waals surface area (Å²) in [6.45, 7) is 3.89. The van der Waals surface area contributed by atoms with E-state index < -0.39 is 29.3 Å². The molecule has 0 saturated carbocycles. The van der Waals surface area contributed by atoms with Crippen LogP contribution in [0.3, 0.4) is 0 Å². The quantitative estimate of drug-likeness (QED) is 0.227. The van der Waals surface area contributed by atoms with Crippen LogP contribution in [0.5, 0.6) is 5.75 Å². The third kappa shape index (κ3) is 3.76. The number of aryl methyl sites for hydroxylation is 2. The Morgan fingerprint density at radius 1 is 1.09 bits per heavy atom. The van der Waals surface area contributed by atoms with E-state index in [0.717, 1.165) is 15.8 Å². The number of ketones is 1. The van der Waals surface area contributed by atoms with Gasteiger partial charge in [0, 0.05) is 11.1 Å². The number of nitrogens with zero attached hydrogens (tertiary/aromatic N) is 2. The zero-order chi connectivity index (χ0) is 24.9. The van der Waals surface area contributed by atoms with Crippen LogP contribution < -0.4 is 9.64 Å². The maximum absolute atomic E-state index is 15.1. The van der Waals surface area contributed by atoms with Gasteiger partial charge in [-0.2, -0.15) is 0 Å². The van der Waals surface area contributed by atoms with Gasteiger partial charge in [-0.25, -0.2) is 9.37 Å². The summed E-state index contributed by atoms with van der Waals surface area (Å²) < 4.78 is 21.1. The molecule has 1 aromatic heterocycles.